The molecule has 6 nitrogen and oxygen atoms in total. The number of thioether (sulfide) groups is 1. The van der Waals surface area contributed by atoms with Gasteiger partial charge in [0.05, 0.1) is 4.91 Å². The van der Waals surface area contributed by atoms with Crippen molar-refractivity contribution in [3.8, 4) is 0 Å². The van der Waals surface area contributed by atoms with Crippen molar-refractivity contribution in [2.24, 2.45) is 0 Å². The van der Waals surface area contributed by atoms with Gasteiger partial charge in [0, 0.05) is 31.9 Å². The van der Waals surface area contributed by atoms with Gasteiger partial charge in [-0.1, -0.05) is 36.4 Å². The maximum absolute atomic E-state index is 12.9. The Morgan fingerprint density at radius 2 is 1.66 bits per heavy atom. The van der Waals surface area contributed by atoms with Gasteiger partial charge in [0.1, 0.15) is 6.54 Å². The molecule has 7 heteroatoms. The van der Waals surface area contributed by atoms with E-state index >= 15 is 0 Å². The Morgan fingerprint density at radius 3 is 2.41 bits per heavy atom. The van der Waals surface area contributed by atoms with Crippen LogP contribution in [-0.2, 0) is 22.6 Å². The number of rotatable bonds is 4. The Kier molecular flexibility index (Phi) is 5.74. The minimum Gasteiger partial charge on any atom is -0.372 e. The third-order valence-electron chi connectivity index (χ3n) is 6.31. The number of hydrogen-bond acceptors (Lipinski definition) is 5. The molecular formula is C25H25N3O3S. The van der Waals surface area contributed by atoms with Gasteiger partial charge in [-0.15, -0.1) is 0 Å². The second-order valence-electron chi connectivity index (χ2n) is 8.39. The number of benzene rings is 2. The number of carbonyl (C=O) groups excluding carboxylic acids is 3. The number of carbonyl (C=O) groups is 3. The van der Waals surface area contributed by atoms with E-state index in [1.165, 1.54) is 24.1 Å². The molecule has 0 aliphatic carbocycles. The first-order valence-corrected chi connectivity index (χ1v) is 11.8. The molecule has 0 saturated carbocycles. The molecule has 2 aromatic carbocycles. The fraction of sp³-hybridized carbons (Fsp3) is 0.320. The van der Waals surface area contributed by atoms with Crippen LogP contribution in [0, 0.1) is 0 Å². The second-order valence-corrected chi connectivity index (χ2v) is 9.38. The zero-order valence-corrected chi connectivity index (χ0v) is 18.6. The average Bonchev–Trinajstić information content (AvgIpc) is 3.44. The Hall–Kier alpha value is -3.06. The summed E-state index contributed by atoms with van der Waals surface area (Å²) in [5.41, 5.74) is 4.43. The van der Waals surface area contributed by atoms with Crippen molar-refractivity contribution in [3.05, 3.63) is 70.1 Å². The number of anilines is 1. The van der Waals surface area contributed by atoms with Crippen molar-refractivity contribution in [2.45, 2.75) is 25.8 Å². The standard InChI is InChI=1S/C25H25N3O3S/c29-23(27-14-11-19-5-1-2-6-20(19)16-27)17-28-24(30)22(32-25(28)31)15-18-7-9-21(10-8-18)26-12-3-4-13-26/h1-2,5-10,15H,3-4,11-14,16-17H2/b22-15-. The monoisotopic (exact) mass is 447 g/mol. The largest absolute Gasteiger partial charge is 0.372 e. The number of nitrogens with zero attached hydrogens (tertiary/aromatic N) is 3. The highest BCUT2D eigenvalue weighted by Gasteiger charge is 2.37. The van der Waals surface area contributed by atoms with E-state index in [2.05, 4.69) is 23.1 Å². The summed E-state index contributed by atoms with van der Waals surface area (Å²) in [6.45, 7) is 3.07. The zero-order valence-electron chi connectivity index (χ0n) is 17.8. The molecule has 164 valence electrons. The van der Waals surface area contributed by atoms with Gasteiger partial charge in [-0.3, -0.25) is 19.3 Å². The van der Waals surface area contributed by atoms with E-state index < -0.39 is 5.91 Å². The molecule has 5 rings (SSSR count). The van der Waals surface area contributed by atoms with Crippen LogP contribution in [0.25, 0.3) is 6.08 Å². The summed E-state index contributed by atoms with van der Waals surface area (Å²) in [4.78, 5) is 43.7. The van der Waals surface area contributed by atoms with Crippen LogP contribution in [0.5, 0.6) is 0 Å². The summed E-state index contributed by atoms with van der Waals surface area (Å²) in [5.74, 6) is -0.590. The lowest BCUT2D eigenvalue weighted by Gasteiger charge is -2.29. The van der Waals surface area contributed by atoms with Gasteiger partial charge >= 0.3 is 0 Å². The van der Waals surface area contributed by atoms with E-state index in [0.29, 0.717) is 18.0 Å². The Balaban J connectivity index is 1.24. The van der Waals surface area contributed by atoms with Crippen LogP contribution in [0.2, 0.25) is 0 Å². The second kappa shape index (κ2) is 8.82. The molecule has 2 fully saturated rings. The van der Waals surface area contributed by atoms with Gasteiger partial charge in [-0.05, 0) is 65.9 Å². The third-order valence-corrected chi connectivity index (χ3v) is 7.22. The molecule has 0 aromatic heterocycles. The highest BCUT2D eigenvalue weighted by Crippen LogP contribution is 2.33. The van der Waals surface area contributed by atoms with Gasteiger partial charge in [0.2, 0.25) is 5.91 Å². The maximum atomic E-state index is 12.9. The third kappa shape index (κ3) is 4.17. The lowest BCUT2D eigenvalue weighted by atomic mass is 10.00. The van der Waals surface area contributed by atoms with Crippen LogP contribution < -0.4 is 4.90 Å². The fourth-order valence-corrected chi connectivity index (χ4v) is 5.33. The van der Waals surface area contributed by atoms with Gasteiger partial charge in [-0.2, -0.15) is 0 Å². The van der Waals surface area contributed by atoms with Crippen molar-refractivity contribution in [1.29, 1.82) is 0 Å². The first-order valence-electron chi connectivity index (χ1n) is 11.0. The van der Waals surface area contributed by atoms with Gasteiger partial charge in [0.15, 0.2) is 0 Å². The predicted molar refractivity (Wildman–Crippen MR) is 126 cm³/mol. The lowest BCUT2D eigenvalue weighted by Crippen LogP contribution is -2.44. The molecule has 0 radical (unpaired) electrons. The molecule has 3 amide bonds. The van der Waals surface area contributed by atoms with Crippen molar-refractivity contribution >= 4 is 40.6 Å². The molecule has 2 aromatic rings. The van der Waals surface area contributed by atoms with Crippen molar-refractivity contribution in [3.63, 3.8) is 0 Å². The van der Waals surface area contributed by atoms with Crippen LogP contribution >= 0.6 is 11.8 Å². The summed E-state index contributed by atoms with van der Waals surface area (Å²) >= 11 is 0.901. The lowest BCUT2D eigenvalue weighted by molar-refractivity contribution is -0.136. The van der Waals surface area contributed by atoms with Crippen LogP contribution in [0.1, 0.15) is 29.5 Å². The van der Waals surface area contributed by atoms with Gasteiger partial charge < -0.3 is 9.80 Å². The highest BCUT2D eigenvalue weighted by molar-refractivity contribution is 8.18. The minimum atomic E-state index is -0.394. The van der Waals surface area contributed by atoms with Crippen LogP contribution in [-0.4, -0.2) is 53.0 Å². The summed E-state index contributed by atoms with van der Waals surface area (Å²) < 4.78 is 0. The van der Waals surface area contributed by atoms with Gasteiger partial charge in [-0.25, -0.2) is 0 Å². The first kappa shape index (κ1) is 20.8. The zero-order chi connectivity index (χ0) is 22.1. The summed E-state index contributed by atoms with van der Waals surface area (Å²) in [6.07, 6.45) is 4.96. The summed E-state index contributed by atoms with van der Waals surface area (Å²) in [6, 6.07) is 16.1. The van der Waals surface area contributed by atoms with Crippen molar-refractivity contribution in [1.82, 2.24) is 9.80 Å². The first-order chi connectivity index (χ1) is 15.6. The van der Waals surface area contributed by atoms with E-state index in [4.69, 9.17) is 0 Å². The van der Waals surface area contributed by atoms with Crippen molar-refractivity contribution < 1.29 is 14.4 Å². The average molecular weight is 448 g/mol. The molecule has 0 N–H and O–H groups in total. The summed E-state index contributed by atoms with van der Waals surface area (Å²) in [5, 5.41) is -0.388. The number of imide groups is 1. The minimum absolute atomic E-state index is 0.196. The van der Waals surface area contributed by atoms with Gasteiger partial charge in [0.25, 0.3) is 11.1 Å². The topological polar surface area (TPSA) is 60.9 Å². The molecule has 0 bridgehead atoms. The van der Waals surface area contributed by atoms with E-state index in [1.807, 2.05) is 30.3 Å². The number of amides is 3. The van der Waals surface area contributed by atoms with Crippen molar-refractivity contribution in [2.75, 3.05) is 31.1 Å². The van der Waals surface area contributed by atoms with Crippen LogP contribution in [0.4, 0.5) is 10.5 Å². The highest BCUT2D eigenvalue weighted by atomic mass is 32.2. The Bertz CT molecular complexity index is 1090. The molecule has 2 saturated heterocycles. The van der Waals surface area contributed by atoms with Crippen LogP contribution in [0.3, 0.4) is 0 Å². The maximum Gasteiger partial charge on any atom is 0.294 e. The van der Waals surface area contributed by atoms with E-state index in [9.17, 15) is 14.4 Å². The molecular weight excluding hydrogens is 422 g/mol. The molecule has 3 aliphatic rings. The molecule has 32 heavy (non-hydrogen) atoms. The number of fused-ring (bicyclic) bond motifs is 1. The molecule has 3 heterocycles. The van der Waals surface area contributed by atoms with E-state index in [1.54, 1.807) is 11.0 Å². The van der Waals surface area contributed by atoms with Crippen LogP contribution in [0.15, 0.2) is 53.4 Å². The smallest absolute Gasteiger partial charge is 0.294 e. The van der Waals surface area contributed by atoms with E-state index in [0.717, 1.165) is 47.3 Å². The Labute approximate surface area is 191 Å². The fourth-order valence-electron chi connectivity index (χ4n) is 4.49. The van der Waals surface area contributed by atoms with E-state index in [-0.39, 0.29) is 17.7 Å². The predicted octanol–water partition coefficient (Wildman–Crippen LogP) is 3.91. The Morgan fingerprint density at radius 1 is 0.938 bits per heavy atom. The normalized spacial score (nSPS) is 19.8. The molecule has 0 unspecified atom stereocenters. The quantitative estimate of drug-likeness (QED) is 0.665. The summed E-state index contributed by atoms with van der Waals surface area (Å²) in [7, 11) is 0. The number of hydrogen-bond donors (Lipinski definition) is 0. The molecule has 3 aliphatic heterocycles. The molecule has 0 atom stereocenters. The SMILES string of the molecule is O=C(CN1C(=O)S/C(=C\c2ccc(N3CCCC3)cc2)C1=O)N1CCc2ccccc2C1. The molecule has 0 spiro atoms.